The average molecular weight is 181 g/mol. The molecule has 0 aliphatic heterocycles. The molecule has 0 atom stereocenters. The van der Waals surface area contributed by atoms with Crippen molar-refractivity contribution >= 4 is 10.9 Å². The van der Waals surface area contributed by atoms with Crippen LogP contribution in [0.4, 0.5) is 0 Å². The predicted molar refractivity (Wildman–Crippen MR) is 41.7 cm³/mol. The molecule has 0 radical (unpaired) electrons. The second-order valence-electron chi connectivity index (χ2n) is 2.20. The molecule has 0 spiro atoms. The summed E-state index contributed by atoms with van der Waals surface area (Å²) in [5.41, 5.74) is 1.06. The molecule has 0 amide bonds. The van der Waals surface area contributed by atoms with Gasteiger partial charge >= 0.3 is 0 Å². The summed E-state index contributed by atoms with van der Waals surface area (Å²) < 4.78 is 0. The molecule has 1 aromatic carbocycles. The topological polar surface area (TPSA) is 12.9 Å². The largest absolute Gasteiger partial charge is 0.256 e. The van der Waals surface area contributed by atoms with E-state index in [0.717, 1.165) is 5.52 Å². The van der Waals surface area contributed by atoms with Gasteiger partial charge in [0.2, 0.25) is 0 Å². The molecule has 1 heterocycles. The minimum atomic E-state index is 0. The summed E-state index contributed by atoms with van der Waals surface area (Å²) in [6.45, 7) is 0. The number of aromatic nitrogens is 1. The summed E-state index contributed by atoms with van der Waals surface area (Å²) in [5, 5.41) is 1.20. The molecule has 1 nitrogen and oxygen atoms in total. The van der Waals surface area contributed by atoms with Crippen LogP contribution in [0.3, 0.4) is 0 Å². The molecule has 0 fully saturated rings. The van der Waals surface area contributed by atoms with E-state index in [2.05, 4.69) is 17.1 Å². The third kappa shape index (κ3) is 1.60. The fourth-order valence-electron chi connectivity index (χ4n) is 1.02. The van der Waals surface area contributed by atoms with Crippen LogP contribution in [0.5, 0.6) is 0 Å². The molecule has 0 saturated carbocycles. The third-order valence-corrected chi connectivity index (χ3v) is 1.51. The fourth-order valence-corrected chi connectivity index (χ4v) is 1.02. The first-order chi connectivity index (χ1) is 4.97. The Kier molecular flexibility index (Phi) is 2.65. The van der Waals surface area contributed by atoms with Crippen molar-refractivity contribution in [1.29, 1.82) is 0 Å². The van der Waals surface area contributed by atoms with E-state index in [1.165, 1.54) is 5.39 Å². The van der Waals surface area contributed by atoms with Crippen LogP contribution in [0.2, 0.25) is 0 Å². The summed E-state index contributed by atoms with van der Waals surface area (Å²) in [6, 6.07) is 12.1. The Morgan fingerprint density at radius 3 is 2.45 bits per heavy atom. The molecule has 1 aromatic heterocycles. The maximum atomic E-state index is 4.18. The minimum Gasteiger partial charge on any atom is -0.256 e. The Labute approximate surface area is 76.2 Å². The van der Waals surface area contributed by atoms with E-state index in [4.69, 9.17) is 0 Å². The van der Waals surface area contributed by atoms with E-state index < -0.39 is 0 Å². The van der Waals surface area contributed by atoms with Gasteiger partial charge in [-0.15, -0.1) is 0 Å². The van der Waals surface area contributed by atoms with E-state index in [1.807, 2.05) is 30.5 Å². The molecule has 0 aliphatic rings. The molecule has 0 unspecified atom stereocenters. The molecular formula is C9H7CrN. The van der Waals surface area contributed by atoms with Gasteiger partial charge in [-0.2, -0.15) is 0 Å². The number of hydrogen-bond acceptors (Lipinski definition) is 1. The van der Waals surface area contributed by atoms with Crippen molar-refractivity contribution in [3.8, 4) is 0 Å². The van der Waals surface area contributed by atoms with Crippen LogP contribution in [-0.2, 0) is 17.4 Å². The summed E-state index contributed by atoms with van der Waals surface area (Å²) in [6.07, 6.45) is 1.81. The summed E-state index contributed by atoms with van der Waals surface area (Å²) in [7, 11) is 0. The van der Waals surface area contributed by atoms with Crippen molar-refractivity contribution in [3.63, 3.8) is 0 Å². The van der Waals surface area contributed by atoms with Crippen LogP contribution in [0.15, 0.2) is 42.6 Å². The van der Waals surface area contributed by atoms with Crippen LogP contribution in [0, 0.1) is 0 Å². The number of rotatable bonds is 0. The minimum absolute atomic E-state index is 0. The smallest absolute Gasteiger partial charge is 0.0701 e. The van der Waals surface area contributed by atoms with Crippen molar-refractivity contribution in [3.05, 3.63) is 42.6 Å². The van der Waals surface area contributed by atoms with Gasteiger partial charge in [-0.3, -0.25) is 4.98 Å². The van der Waals surface area contributed by atoms with Crippen molar-refractivity contribution < 1.29 is 17.4 Å². The van der Waals surface area contributed by atoms with E-state index in [-0.39, 0.29) is 17.4 Å². The van der Waals surface area contributed by atoms with Crippen LogP contribution < -0.4 is 0 Å². The van der Waals surface area contributed by atoms with Crippen molar-refractivity contribution in [2.45, 2.75) is 0 Å². The maximum Gasteiger partial charge on any atom is 0.0701 e. The molecular weight excluding hydrogens is 174 g/mol. The monoisotopic (exact) mass is 181 g/mol. The Balaban J connectivity index is 0.000000605. The van der Waals surface area contributed by atoms with Gasteiger partial charge in [0.25, 0.3) is 0 Å². The molecule has 0 bridgehead atoms. The molecule has 2 aromatic rings. The van der Waals surface area contributed by atoms with Gasteiger partial charge in [-0.05, 0) is 12.1 Å². The van der Waals surface area contributed by atoms with E-state index in [0.29, 0.717) is 0 Å². The van der Waals surface area contributed by atoms with E-state index in [1.54, 1.807) is 0 Å². The van der Waals surface area contributed by atoms with Gasteiger partial charge in [-0.25, -0.2) is 0 Å². The van der Waals surface area contributed by atoms with Crippen molar-refractivity contribution in [1.82, 2.24) is 4.98 Å². The number of nitrogens with zero attached hydrogens (tertiary/aromatic N) is 1. The standard InChI is InChI=1S/C9H7N.Cr/c1-2-6-9-8(4-1)5-3-7-10-9;/h1-7H;. The molecule has 0 aliphatic carbocycles. The first-order valence-electron chi connectivity index (χ1n) is 3.26. The van der Waals surface area contributed by atoms with Crippen molar-refractivity contribution in [2.24, 2.45) is 0 Å². The van der Waals surface area contributed by atoms with Gasteiger partial charge in [0.15, 0.2) is 0 Å². The second-order valence-corrected chi connectivity index (χ2v) is 2.20. The molecule has 11 heavy (non-hydrogen) atoms. The average Bonchev–Trinajstić information content (AvgIpc) is 2.05. The van der Waals surface area contributed by atoms with Gasteiger partial charge in [-0.1, -0.05) is 24.3 Å². The predicted octanol–water partition coefficient (Wildman–Crippen LogP) is 2.23. The number of benzene rings is 1. The Morgan fingerprint density at radius 2 is 1.64 bits per heavy atom. The molecule has 2 rings (SSSR count). The van der Waals surface area contributed by atoms with Crippen LogP contribution in [0.1, 0.15) is 0 Å². The van der Waals surface area contributed by atoms with Crippen LogP contribution in [0.25, 0.3) is 10.9 Å². The Hall–Kier alpha value is -0.838. The third-order valence-electron chi connectivity index (χ3n) is 1.51. The molecule has 0 saturated heterocycles. The zero-order valence-corrected chi connectivity index (χ0v) is 7.17. The van der Waals surface area contributed by atoms with Crippen LogP contribution >= 0.6 is 0 Å². The molecule has 54 valence electrons. The summed E-state index contributed by atoms with van der Waals surface area (Å²) >= 11 is 0. The zero-order valence-electron chi connectivity index (χ0n) is 5.90. The Bertz CT molecular complexity index is 281. The number of fused-ring (bicyclic) bond motifs is 1. The quantitative estimate of drug-likeness (QED) is 0.607. The number of para-hydroxylation sites is 1. The van der Waals surface area contributed by atoms with Gasteiger partial charge in [0.05, 0.1) is 5.52 Å². The molecule has 0 N–H and O–H groups in total. The van der Waals surface area contributed by atoms with Crippen LogP contribution in [-0.4, -0.2) is 4.98 Å². The number of hydrogen-bond donors (Lipinski definition) is 0. The first kappa shape index (κ1) is 8.26. The fraction of sp³-hybridized carbons (Fsp3) is 0. The van der Waals surface area contributed by atoms with Crippen molar-refractivity contribution in [2.75, 3.05) is 0 Å². The van der Waals surface area contributed by atoms with Gasteiger partial charge in [0, 0.05) is 28.9 Å². The summed E-state index contributed by atoms with van der Waals surface area (Å²) in [5.74, 6) is 0. The SMILES string of the molecule is [Cr].c1ccc2ncccc2c1. The maximum absolute atomic E-state index is 4.18. The zero-order chi connectivity index (χ0) is 6.81. The van der Waals surface area contributed by atoms with E-state index >= 15 is 0 Å². The molecule has 2 heteroatoms. The second kappa shape index (κ2) is 3.52. The van der Waals surface area contributed by atoms with Gasteiger partial charge < -0.3 is 0 Å². The summed E-state index contributed by atoms with van der Waals surface area (Å²) in [4.78, 5) is 4.18. The normalized spacial score (nSPS) is 9.09. The Morgan fingerprint density at radius 1 is 0.909 bits per heavy atom. The first-order valence-corrected chi connectivity index (χ1v) is 3.26. The van der Waals surface area contributed by atoms with Gasteiger partial charge in [0.1, 0.15) is 0 Å². The number of pyridine rings is 1. The van der Waals surface area contributed by atoms with E-state index in [9.17, 15) is 0 Å².